The van der Waals surface area contributed by atoms with Crippen LogP contribution in [0.5, 0.6) is 0 Å². The fraction of sp³-hybridized carbons (Fsp3) is 0.300. The third-order valence-electron chi connectivity index (χ3n) is 4.73. The SMILES string of the molecule is CCc1nc(-c2ccc3c(c2)CCC3C(=O)Nc2ccnc(C)c2)no1. The van der Waals surface area contributed by atoms with Gasteiger partial charge in [-0.05, 0) is 49.1 Å². The van der Waals surface area contributed by atoms with E-state index >= 15 is 0 Å². The van der Waals surface area contributed by atoms with E-state index < -0.39 is 0 Å². The lowest BCUT2D eigenvalue weighted by atomic mass is 9.98. The lowest BCUT2D eigenvalue weighted by Crippen LogP contribution is -2.19. The average molecular weight is 348 g/mol. The largest absolute Gasteiger partial charge is 0.339 e. The summed E-state index contributed by atoms with van der Waals surface area (Å²) < 4.78 is 5.19. The highest BCUT2D eigenvalue weighted by Crippen LogP contribution is 2.36. The molecule has 6 nitrogen and oxygen atoms in total. The first-order valence-electron chi connectivity index (χ1n) is 8.83. The molecule has 4 rings (SSSR count). The van der Waals surface area contributed by atoms with Crippen molar-refractivity contribution in [2.75, 3.05) is 5.32 Å². The van der Waals surface area contributed by atoms with E-state index in [1.54, 1.807) is 6.20 Å². The van der Waals surface area contributed by atoms with Crippen molar-refractivity contribution < 1.29 is 9.32 Å². The van der Waals surface area contributed by atoms with E-state index in [1.165, 1.54) is 5.56 Å². The van der Waals surface area contributed by atoms with Crippen molar-refractivity contribution in [3.63, 3.8) is 0 Å². The maximum Gasteiger partial charge on any atom is 0.231 e. The third kappa shape index (κ3) is 3.10. The Balaban J connectivity index is 1.55. The Morgan fingerprint density at radius 1 is 1.31 bits per heavy atom. The van der Waals surface area contributed by atoms with Gasteiger partial charge in [-0.25, -0.2) is 0 Å². The van der Waals surface area contributed by atoms with Gasteiger partial charge in [-0.1, -0.05) is 24.2 Å². The van der Waals surface area contributed by atoms with E-state index in [9.17, 15) is 4.79 Å². The number of amides is 1. The molecule has 26 heavy (non-hydrogen) atoms. The molecule has 2 heterocycles. The molecule has 0 radical (unpaired) electrons. The minimum absolute atomic E-state index is 0.0231. The number of nitrogens with zero attached hydrogens (tertiary/aromatic N) is 3. The Morgan fingerprint density at radius 2 is 2.19 bits per heavy atom. The molecule has 1 amide bonds. The quantitative estimate of drug-likeness (QED) is 0.778. The molecule has 1 aromatic carbocycles. The second-order valence-corrected chi connectivity index (χ2v) is 6.55. The number of carbonyl (C=O) groups excluding carboxylic acids is 1. The fourth-order valence-corrected chi connectivity index (χ4v) is 3.40. The first-order chi connectivity index (χ1) is 12.6. The van der Waals surface area contributed by atoms with Gasteiger partial charge in [0.2, 0.25) is 17.6 Å². The highest BCUT2D eigenvalue weighted by Gasteiger charge is 2.29. The summed E-state index contributed by atoms with van der Waals surface area (Å²) in [5.74, 6) is 1.12. The number of hydrogen-bond donors (Lipinski definition) is 1. The van der Waals surface area contributed by atoms with Crippen LogP contribution in [-0.4, -0.2) is 21.0 Å². The first-order valence-corrected chi connectivity index (χ1v) is 8.83. The van der Waals surface area contributed by atoms with Gasteiger partial charge < -0.3 is 9.84 Å². The molecule has 0 fully saturated rings. The van der Waals surface area contributed by atoms with Crippen LogP contribution in [0, 0.1) is 6.92 Å². The Morgan fingerprint density at radius 3 is 2.96 bits per heavy atom. The molecule has 0 aliphatic heterocycles. The number of hydrogen-bond acceptors (Lipinski definition) is 5. The number of aromatic nitrogens is 3. The van der Waals surface area contributed by atoms with E-state index in [0.717, 1.165) is 35.3 Å². The fourth-order valence-electron chi connectivity index (χ4n) is 3.40. The van der Waals surface area contributed by atoms with Gasteiger partial charge in [0, 0.05) is 29.6 Å². The highest BCUT2D eigenvalue weighted by atomic mass is 16.5. The molecule has 1 N–H and O–H groups in total. The lowest BCUT2D eigenvalue weighted by molar-refractivity contribution is -0.117. The van der Waals surface area contributed by atoms with E-state index in [1.807, 2.05) is 38.1 Å². The lowest BCUT2D eigenvalue weighted by Gasteiger charge is -2.13. The number of nitrogens with one attached hydrogen (secondary N) is 1. The van der Waals surface area contributed by atoms with Gasteiger partial charge in [0.05, 0.1) is 5.92 Å². The molecule has 0 saturated heterocycles. The van der Waals surface area contributed by atoms with Crippen molar-refractivity contribution >= 4 is 11.6 Å². The summed E-state index contributed by atoms with van der Waals surface area (Å²) in [6, 6.07) is 9.74. The highest BCUT2D eigenvalue weighted by molar-refractivity contribution is 5.96. The summed E-state index contributed by atoms with van der Waals surface area (Å²) in [7, 11) is 0. The number of carbonyl (C=O) groups is 1. The van der Waals surface area contributed by atoms with E-state index in [4.69, 9.17) is 4.52 Å². The molecule has 3 aromatic rings. The summed E-state index contributed by atoms with van der Waals surface area (Å²) in [4.78, 5) is 21.3. The van der Waals surface area contributed by atoms with E-state index in [0.29, 0.717) is 18.1 Å². The molecule has 1 atom stereocenters. The minimum Gasteiger partial charge on any atom is -0.339 e. The van der Waals surface area contributed by atoms with Crippen LogP contribution in [0.25, 0.3) is 11.4 Å². The summed E-state index contributed by atoms with van der Waals surface area (Å²) >= 11 is 0. The van der Waals surface area contributed by atoms with Crippen molar-refractivity contribution in [1.29, 1.82) is 0 Å². The molecule has 1 aliphatic carbocycles. The van der Waals surface area contributed by atoms with E-state index in [-0.39, 0.29) is 11.8 Å². The zero-order valence-electron chi connectivity index (χ0n) is 14.8. The summed E-state index contributed by atoms with van der Waals surface area (Å²) in [6.07, 6.45) is 4.10. The summed E-state index contributed by atoms with van der Waals surface area (Å²) in [5.41, 5.74) is 4.85. The molecule has 1 aliphatic rings. The average Bonchev–Trinajstić information content (AvgIpc) is 3.28. The molecule has 2 aromatic heterocycles. The number of benzene rings is 1. The third-order valence-corrected chi connectivity index (χ3v) is 4.73. The molecule has 0 saturated carbocycles. The van der Waals surface area contributed by atoms with Crippen LogP contribution in [0.3, 0.4) is 0 Å². The monoisotopic (exact) mass is 348 g/mol. The Kier molecular flexibility index (Phi) is 4.24. The Hall–Kier alpha value is -3.02. The molecule has 0 spiro atoms. The number of anilines is 1. The van der Waals surface area contributed by atoms with Crippen LogP contribution < -0.4 is 5.32 Å². The number of pyridine rings is 1. The van der Waals surface area contributed by atoms with Gasteiger partial charge >= 0.3 is 0 Å². The smallest absolute Gasteiger partial charge is 0.231 e. The predicted molar refractivity (Wildman–Crippen MR) is 97.8 cm³/mol. The van der Waals surface area contributed by atoms with Gasteiger partial charge in [-0.3, -0.25) is 9.78 Å². The van der Waals surface area contributed by atoms with Gasteiger partial charge in [0.1, 0.15) is 0 Å². The van der Waals surface area contributed by atoms with Crippen molar-refractivity contribution in [3.8, 4) is 11.4 Å². The van der Waals surface area contributed by atoms with Crippen LogP contribution >= 0.6 is 0 Å². The Labute approximate surface area is 151 Å². The second-order valence-electron chi connectivity index (χ2n) is 6.55. The number of rotatable bonds is 4. The molecule has 132 valence electrons. The first kappa shape index (κ1) is 16.4. The van der Waals surface area contributed by atoms with Crippen molar-refractivity contribution in [2.24, 2.45) is 0 Å². The molecule has 1 unspecified atom stereocenters. The summed E-state index contributed by atoms with van der Waals surface area (Å²) in [5, 5.41) is 7.03. The second kappa shape index (κ2) is 6.71. The van der Waals surface area contributed by atoms with Crippen molar-refractivity contribution in [1.82, 2.24) is 15.1 Å². The van der Waals surface area contributed by atoms with Gasteiger partial charge in [0.25, 0.3) is 0 Å². The standard InChI is InChI=1S/C20H20N4O2/c1-3-18-23-19(24-26-18)14-5-6-16-13(11-14)4-7-17(16)20(25)22-15-8-9-21-12(2)10-15/h5-6,8-11,17H,3-4,7H2,1-2H3,(H,21,22,25). The molecule has 6 heteroatoms. The van der Waals surface area contributed by atoms with Crippen LogP contribution in [0.1, 0.15) is 42.0 Å². The van der Waals surface area contributed by atoms with E-state index in [2.05, 4.69) is 26.5 Å². The zero-order chi connectivity index (χ0) is 18.1. The molecule has 0 bridgehead atoms. The number of aryl methyl sites for hydroxylation is 3. The van der Waals surface area contributed by atoms with Crippen LogP contribution in [0.2, 0.25) is 0 Å². The summed E-state index contributed by atoms with van der Waals surface area (Å²) in [6.45, 7) is 3.89. The minimum atomic E-state index is -0.135. The number of fused-ring (bicyclic) bond motifs is 1. The topological polar surface area (TPSA) is 80.9 Å². The Bertz CT molecular complexity index is 964. The molecular weight excluding hydrogens is 328 g/mol. The van der Waals surface area contributed by atoms with Gasteiger partial charge in [-0.2, -0.15) is 4.98 Å². The maximum absolute atomic E-state index is 12.7. The predicted octanol–water partition coefficient (Wildman–Crippen LogP) is 3.67. The van der Waals surface area contributed by atoms with Crippen molar-refractivity contribution in [2.45, 2.75) is 39.0 Å². The van der Waals surface area contributed by atoms with Crippen LogP contribution in [0.4, 0.5) is 5.69 Å². The molecular formula is C20H20N4O2. The van der Waals surface area contributed by atoms with Crippen LogP contribution in [0.15, 0.2) is 41.1 Å². The zero-order valence-corrected chi connectivity index (χ0v) is 14.8. The van der Waals surface area contributed by atoms with Crippen molar-refractivity contribution in [3.05, 3.63) is 59.2 Å². The maximum atomic E-state index is 12.7. The van der Waals surface area contributed by atoms with Gasteiger partial charge in [0.15, 0.2) is 0 Å². The van der Waals surface area contributed by atoms with Crippen LogP contribution in [-0.2, 0) is 17.6 Å². The van der Waals surface area contributed by atoms with Gasteiger partial charge in [-0.15, -0.1) is 0 Å². The normalized spacial score (nSPS) is 15.7.